The summed E-state index contributed by atoms with van der Waals surface area (Å²) < 4.78 is 26.0. The normalized spacial score (nSPS) is 17.1. The van der Waals surface area contributed by atoms with Gasteiger partial charge in [-0.1, -0.05) is 12.1 Å². The Hall–Kier alpha value is -4.38. The predicted octanol–water partition coefficient (Wildman–Crippen LogP) is 3.63. The third-order valence-electron chi connectivity index (χ3n) is 9.52. The molecule has 4 heterocycles. The summed E-state index contributed by atoms with van der Waals surface area (Å²) in [5, 5.41) is 8.72. The lowest BCUT2D eigenvalue weighted by Gasteiger charge is -2.31. The number of carbonyl (C=O) groups is 4. The molecule has 3 aromatic rings. The fourth-order valence-electron chi connectivity index (χ4n) is 6.45. The van der Waals surface area contributed by atoms with Crippen LogP contribution in [0.25, 0.3) is 10.9 Å². The van der Waals surface area contributed by atoms with Gasteiger partial charge in [0, 0.05) is 61.4 Å². The van der Waals surface area contributed by atoms with Gasteiger partial charge in [-0.2, -0.15) is 11.8 Å². The van der Waals surface area contributed by atoms with Gasteiger partial charge in [-0.15, -0.1) is 0 Å². The number of aromatic amines is 1. The van der Waals surface area contributed by atoms with Gasteiger partial charge in [0.1, 0.15) is 29.1 Å². The van der Waals surface area contributed by atoms with E-state index in [0.717, 1.165) is 84.2 Å². The SMILES string of the molecule is CNCCCCNC(=O)CN1CCC(SCc2nc3cc(OCC4CCOCC4)cc(F)c3c(=O)[nH]2)CC1.O=Cc1cccc(N2CCC(=O)NC2=O)c1. The maximum atomic E-state index is 14.7. The number of ether oxygens (including phenoxy) is 2. The Labute approximate surface area is 318 Å². The first kappa shape index (κ1) is 40.8. The number of hydrogen-bond donors (Lipinski definition) is 4. The largest absolute Gasteiger partial charge is 0.493 e. The fraction of sp³-hybridized carbons (Fsp3) is 0.526. The minimum Gasteiger partial charge on any atom is -0.493 e. The molecular formula is C38H50FN7O7S. The van der Waals surface area contributed by atoms with E-state index in [9.17, 15) is 28.4 Å². The minimum absolute atomic E-state index is 0.0363. The van der Waals surface area contributed by atoms with Gasteiger partial charge >= 0.3 is 6.03 Å². The summed E-state index contributed by atoms with van der Waals surface area (Å²) in [5.74, 6) is 1.05. The number of unbranched alkanes of at least 4 members (excludes halogenated alkanes) is 1. The van der Waals surface area contributed by atoms with Gasteiger partial charge in [0.15, 0.2) is 0 Å². The maximum Gasteiger partial charge on any atom is 0.328 e. The number of halogens is 1. The molecule has 3 aliphatic rings. The van der Waals surface area contributed by atoms with Crippen molar-refractivity contribution in [1.82, 2.24) is 30.8 Å². The van der Waals surface area contributed by atoms with Crippen molar-refractivity contribution < 1.29 is 33.0 Å². The highest BCUT2D eigenvalue weighted by atomic mass is 32.2. The van der Waals surface area contributed by atoms with Crippen LogP contribution in [0.1, 0.15) is 61.1 Å². The van der Waals surface area contributed by atoms with Gasteiger partial charge in [-0.25, -0.2) is 14.2 Å². The predicted molar refractivity (Wildman–Crippen MR) is 206 cm³/mol. The summed E-state index contributed by atoms with van der Waals surface area (Å²) in [5.41, 5.74) is 0.973. The molecule has 0 atom stereocenters. The molecule has 0 saturated carbocycles. The number of aldehydes is 1. The summed E-state index contributed by atoms with van der Waals surface area (Å²) in [6.45, 7) is 6.15. The van der Waals surface area contributed by atoms with Crippen LogP contribution in [0, 0.1) is 11.7 Å². The molecule has 3 fully saturated rings. The van der Waals surface area contributed by atoms with Crippen molar-refractivity contribution in [2.45, 2.75) is 55.9 Å². The standard InChI is InChI=1S/C27H40FN5O4S.C11H10N2O3/c1-29-8-2-3-9-30-25(34)16-33-10-4-21(5-11-33)38-18-24-31-23-15-20(14-22(28)26(23)27(35)32-24)37-17-19-6-12-36-13-7-19;14-7-8-2-1-3-9(6-8)13-5-4-10(15)12-11(13)16/h14-15,19,21,29H,2-13,16-18H2,1H3,(H,30,34)(H,31,32,35);1-3,6-7H,4-5H2,(H,12,15,16). The van der Waals surface area contributed by atoms with Crippen molar-refractivity contribution in [3.8, 4) is 5.75 Å². The smallest absolute Gasteiger partial charge is 0.328 e. The lowest BCUT2D eigenvalue weighted by atomic mass is 10.0. The van der Waals surface area contributed by atoms with E-state index in [1.165, 1.54) is 11.0 Å². The van der Waals surface area contributed by atoms with Gasteiger partial charge < -0.3 is 25.1 Å². The highest BCUT2D eigenvalue weighted by molar-refractivity contribution is 7.99. The van der Waals surface area contributed by atoms with Crippen LogP contribution < -0.4 is 31.1 Å². The Balaban J connectivity index is 0.000000291. The highest BCUT2D eigenvalue weighted by Crippen LogP contribution is 2.27. The molecular weight excluding hydrogens is 718 g/mol. The fourth-order valence-corrected chi connectivity index (χ4v) is 7.52. The van der Waals surface area contributed by atoms with Gasteiger partial charge in [0.25, 0.3) is 5.56 Å². The molecule has 0 unspecified atom stereocenters. The number of hydrogen-bond acceptors (Lipinski definition) is 11. The zero-order chi connectivity index (χ0) is 38.3. The Kier molecular flexibility index (Phi) is 15.8. The molecule has 3 aliphatic heterocycles. The first-order valence-electron chi connectivity index (χ1n) is 18.6. The van der Waals surface area contributed by atoms with Crippen molar-refractivity contribution in [3.05, 3.63) is 64.0 Å². The molecule has 54 heavy (non-hydrogen) atoms. The summed E-state index contributed by atoms with van der Waals surface area (Å²) in [7, 11) is 1.93. The van der Waals surface area contributed by atoms with E-state index >= 15 is 0 Å². The molecule has 16 heteroatoms. The molecule has 0 bridgehead atoms. The lowest BCUT2D eigenvalue weighted by Crippen LogP contribution is -2.49. The number of H-pyrrole nitrogens is 1. The van der Waals surface area contributed by atoms with Crippen molar-refractivity contribution in [2.24, 2.45) is 5.92 Å². The molecule has 1 aromatic heterocycles. The zero-order valence-electron chi connectivity index (χ0n) is 30.7. The Bertz CT molecular complexity index is 1800. The Morgan fingerprint density at radius 2 is 1.85 bits per heavy atom. The monoisotopic (exact) mass is 767 g/mol. The number of likely N-dealkylation sites (tertiary alicyclic amines) is 1. The average Bonchev–Trinajstić information content (AvgIpc) is 3.17. The number of benzene rings is 2. The summed E-state index contributed by atoms with van der Waals surface area (Å²) in [6, 6.07) is 9.17. The van der Waals surface area contributed by atoms with Crippen molar-refractivity contribution in [1.29, 1.82) is 0 Å². The topological polar surface area (TPSA) is 175 Å². The van der Waals surface area contributed by atoms with Crippen molar-refractivity contribution in [2.75, 3.05) is 71.0 Å². The third-order valence-corrected chi connectivity index (χ3v) is 10.9. The number of fused-ring (bicyclic) bond motifs is 1. The van der Waals surface area contributed by atoms with E-state index < -0.39 is 17.4 Å². The van der Waals surface area contributed by atoms with Crippen LogP contribution >= 0.6 is 11.8 Å². The molecule has 3 saturated heterocycles. The van der Waals surface area contributed by atoms with Crippen molar-refractivity contribution in [3.63, 3.8) is 0 Å². The number of aromatic nitrogens is 2. The van der Waals surface area contributed by atoms with Gasteiger partial charge in [-0.05, 0) is 83.3 Å². The highest BCUT2D eigenvalue weighted by Gasteiger charge is 2.25. The van der Waals surface area contributed by atoms with E-state index in [1.54, 1.807) is 42.1 Å². The third kappa shape index (κ3) is 12.3. The van der Waals surface area contributed by atoms with E-state index in [4.69, 9.17) is 9.47 Å². The molecule has 0 aliphatic carbocycles. The first-order chi connectivity index (χ1) is 26.2. The minimum atomic E-state index is -0.619. The first-order valence-corrected chi connectivity index (χ1v) is 19.6. The summed E-state index contributed by atoms with van der Waals surface area (Å²) in [6.07, 6.45) is 6.82. The van der Waals surface area contributed by atoms with Crippen LogP contribution in [0.15, 0.2) is 41.2 Å². The number of urea groups is 1. The second-order valence-electron chi connectivity index (χ2n) is 13.6. The van der Waals surface area contributed by atoms with Crippen LogP contribution in [0.2, 0.25) is 0 Å². The van der Waals surface area contributed by atoms with Gasteiger partial charge in [-0.3, -0.25) is 34.3 Å². The molecule has 2 aromatic carbocycles. The van der Waals surface area contributed by atoms with Crippen LogP contribution in [0.5, 0.6) is 5.75 Å². The number of amides is 4. The lowest BCUT2D eigenvalue weighted by molar-refractivity contribution is -0.122. The van der Waals surface area contributed by atoms with Crippen molar-refractivity contribution >= 4 is 52.5 Å². The number of nitrogens with one attached hydrogen (secondary N) is 4. The molecule has 0 spiro atoms. The summed E-state index contributed by atoms with van der Waals surface area (Å²) >= 11 is 1.74. The molecule has 14 nitrogen and oxygen atoms in total. The molecule has 0 radical (unpaired) electrons. The molecule has 4 amide bonds. The van der Waals surface area contributed by atoms with E-state index in [2.05, 4.69) is 30.8 Å². The molecule has 4 N–H and O–H groups in total. The van der Waals surface area contributed by atoms with Gasteiger partial charge in [0.2, 0.25) is 11.8 Å². The summed E-state index contributed by atoms with van der Waals surface area (Å²) in [4.78, 5) is 68.8. The second kappa shape index (κ2) is 20.9. The Morgan fingerprint density at radius 3 is 2.59 bits per heavy atom. The average molecular weight is 768 g/mol. The number of rotatable bonds is 15. The van der Waals surface area contributed by atoms with Crippen LogP contribution in [-0.2, 0) is 20.1 Å². The number of anilines is 1. The number of piperidine rings is 1. The van der Waals surface area contributed by atoms with Crippen LogP contribution in [0.4, 0.5) is 14.9 Å². The Morgan fingerprint density at radius 1 is 1.07 bits per heavy atom. The number of nitrogens with zero attached hydrogens (tertiary/aromatic N) is 3. The van der Waals surface area contributed by atoms with E-state index in [1.807, 2.05) is 7.05 Å². The van der Waals surface area contributed by atoms with Crippen LogP contribution in [-0.4, -0.2) is 110 Å². The molecule has 6 rings (SSSR count). The zero-order valence-corrected chi connectivity index (χ0v) is 31.5. The van der Waals surface area contributed by atoms with Crippen LogP contribution in [0.3, 0.4) is 0 Å². The number of carbonyl (C=O) groups excluding carboxylic acids is 4. The quantitative estimate of drug-likeness (QED) is 0.131. The number of imide groups is 1. The number of thioether (sulfide) groups is 1. The second-order valence-corrected chi connectivity index (χ2v) is 14.9. The van der Waals surface area contributed by atoms with Gasteiger partial charge in [0.05, 0.1) is 24.4 Å². The van der Waals surface area contributed by atoms with E-state index in [0.29, 0.717) is 65.0 Å². The maximum absolute atomic E-state index is 14.7. The molecule has 292 valence electrons. The van der Waals surface area contributed by atoms with E-state index in [-0.39, 0.29) is 23.6 Å².